The minimum atomic E-state index is -0.109. The van der Waals surface area contributed by atoms with Crippen LogP contribution in [-0.2, 0) is 17.6 Å². The summed E-state index contributed by atoms with van der Waals surface area (Å²) in [6.45, 7) is 5.65. The van der Waals surface area contributed by atoms with Crippen molar-refractivity contribution in [3.05, 3.63) is 53.2 Å². The molecule has 1 atom stereocenters. The van der Waals surface area contributed by atoms with Crippen molar-refractivity contribution in [2.75, 3.05) is 18.5 Å². The minimum Gasteiger partial charge on any atom is -0.376 e. The molecule has 0 radical (unpaired) electrons. The van der Waals surface area contributed by atoms with E-state index in [0.717, 1.165) is 43.8 Å². The number of amides is 1. The first-order valence-electron chi connectivity index (χ1n) is 9.45. The van der Waals surface area contributed by atoms with Crippen molar-refractivity contribution in [1.82, 2.24) is 10.3 Å². The topological polar surface area (TPSA) is 63.2 Å². The van der Waals surface area contributed by atoms with E-state index in [-0.39, 0.29) is 12.0 Å². The fraction of sp³-hybridized carbons (Fsp3) is 0.429. The van der Waals surface area contributed by atoms with Gasteiger partial charge >= 0.3 is 0 Å². The first-order valence-corrected chi connectivity index (χ1v) is 9.45. The van der Waals surface area contributed by atoms with Gasteiger partial charge in [-0.05, 0) is 48.9 Å². The number of carbonyl (C=O) groups excluding carboxylic acids is 1. The highest BCUT2D eigenvalue weighted by atomic mass is 16.5. The number of aromatic nitrogens is 1. The van der Waals surface area contributed by atoms with E-state index in [1.807, 2.05) is 6.07 Å². The summed E-state index contributed by atoms with van der Waals surface area (Å²) >= 11 is 0. The zero-order valence-corrected chi connectivity index (χ0v) is 15.5. The summed E-state index contributed by atoms with van der Waals surface area (Å²) in [5.41, 5.74) is 4.22. The molecule has 2 heterocycles. The molecule has 1 aliphatic heterocycles. The molecule has 1 aromatic heterocycles. The number of aryl methyl sites for hydroxylation is 2. The van der Waals surface area contributed by atoms with Crippen molar-refractivity contribution in [2.24, 2.45) is 0 Å². The standard InChI is InChI=1S/C21H27N3O2/c1-3-15-7-5-8-16(4-2)20(15)24-19-11-10-17(13-22-19)21(25)23-14-18-9-6-12-26-18/h5,7-8,10-11,13,18H,3-4,6,9,12,14H2,1-2H3,(H,22,24)(H,23,25). The molecule has 0 spiro atoms. The zero-order valence-electron chi connectivity index (χ0n) is 15.5. The smallest absolute Gasteiger partial charge is 0.252 e. The fourth-order valence-electron chi connectivity index (χ4n) is 3.25. The van der Waals surface area contributed by atoms with E-state index in [0.29, 0.717) is 12.1 Å². The minimum absolute atomic E-state index is 0.109. The normalized spacial score (nSPS) is 16.5. The number of ether oxygens (including phenoxy) is 1. The summed E-state index contributed by atoms with van der Waals surface area (Å²) in [7, 11) is 0. The van der Waals surface area contributed by atoms with E-state index in [9.17, 15) is 4.79 Å². The number of anilines is 2. The van der Waals surface area contributed by atoms with Crippen LogP contribution in [0.5, 0.6) is 0 Å². The number of carbonyl (C=O) groups is 1. The third kappa shape index (κ3) is 4.41. The van der Waals surface area contributed by atoms with Gasteiger partial charge in [-0.25, -0.2) is 4.98 Å². The highest BCUT2D eigenvalue weighted by Gasteiger charge is 2.17. The van der Waals surface area contributed by atoms with Crippen LogP contribution in [0.15, 0.2) is 36.5 Å². The van der Waals surface area contributed by atoms with Gasteiger partial charge < -0.3 is 15.4 Å². The van der Waals surface area contributed by atoms with Crippen molar-refractivity contribution in [3.8, 4) is 0 Å². The number of hydrogen-bond donors (Lipinski definition) is 2. The number of hydrogen-bond acceptors (Lipinski definition) is 4. The van der Waals surface area contributed by atoms with Crippen LogP contribution in [0.3, 0.4) is 0 Å². The molecule has 2 aromatic rings. The molecule has 1 saturated heterocycles. The highest BCUT2D eigenvalue weighted by molar-refractivity contribution is 5.94. The zero-order chi connectivity index (χ0) is 18.4. The Morgan fingerprint density at radius 3 is 2.54 bits per heavy atom. The monoisotopic (exact) mass is 353 g/mol. The molecule has 1 amide bonds. The van der Waals surface area contributed by atoms with Crippen LogP contribution in [0.2, 0.25) is 0 Å². The van der Waals surface area contributed by atoms with E-state index in [1.54, 1.807) is 12.3 Å². The van der Waals surface area contributed by atoms with Crippen molar-refractivity contribution in [1.29, 1.82) is 0 Å². The Morgan fingerprint density at radius 1 is 1.19 bits per heavy atom. The molecule has 1 fully saturated rings. The lowest BCUT2D eigenvalue weighted by atomic mass is 10.0. The van der Waals surface area contributed by atoms with Gasteiger partial charge in [-0.15, -0.1) is 0 Å². The average Bonchev–Trinajstić information content (AvgIpc) is 3.20. The van der Waals surface area contributed by atoms with Crippen LogP contribution in [0.25, 0.3) is 0 Å². The van der Waals surface area contributed by atoms with Gasteiger partial charge in [-0.1, -0.05) is 32.0 Å². The summed E-state index contributed by atoms with van der Waals surface area (Å²) in [4.78, 5) is 16.7. The fourth-order valence-corrected chi connectivity index (χ4v) is 3.25. The average molecular weight is 353 g/mol. The molecule has 1 unspecified atom stereocenters. The Hall–Kier alpha value is -2.40. The Balaban J connectivity index is 1.65. The number of nitrogens with zero attached hydrogens (tertiary/aromatic N) is 1. The number of pyridine rings is 1. The third-order valence-electron chi connectivity index (χ3n) is 4.79. The van der Waals surface area contributed by atoms with E-state index < -0.39 is 0 Å². The molecule has 0 bridgehead atoms. The summed E-state index contributed by atoms with van der Waals surface area (Å²) in [6, 6.07) is 10.0. The van der Waals surface area contributed by atoms with Gasteiger partial charge in [0.05, 0.1) is 11.7 Å². The molecular formula is C21H27N3O2. The van der Waals surface area contributed by atoms with E-state index >= 15 is 0 Å². The second-order valence-electron chi connectivity index (χ2n) is 6.56. The number of rotatable bonds is 7. The second kappa shape index (κ2) is 8.81. The van der Waals surface area contributed by atoms with E-state index in [1.165, 1.54) is 11.1 Å². The number of benzene rings is 1. The molecular weight excluding hydrogens is 326 g/mol. The Labute approximate surface area is 155 Å². The first-order chi connectivity index (χ1) is 12.7. The van der Waals surface area contributed by atoms with Gasteiger partial charge in [0.15, 0.2) is 0 Å². The van der Waals surface area contributed by atoms with Gasteiger partial charge in [-0.2, -0.15) is 0 Å². The molecule has 1 aromatic carbocycles. The molecule has 1 aliphatic rings. The molecule has 0 saturated carbocycles. The molecule has 2 N–H and O–H groups in total. The predicted molar refractivity (Wildman–Crippen MR) is 104 cm³/mol. The van der Waals surface area contributed by atoms with E-state index in [2.05, 4.69) is 47.7 Å². The largest absolute Gasteiger partial charge is 0.376 e. The van der Waals surface area contributed by atoms with Crippen LogP contribution >= 0.6 is 0 Å². The Bertz CT molecular complexity index is 715. The molecule has 3 rings (SSSR count). The maximum Gasteiger partial charge on any atom is 0.252 e. The highest BCUT2D eigenvalue weighted by Crippen LogP contribution is 2.25. The first kappa shape index (κ1) is 18.4. The Kier molecular flexibility index (Phi) is 6.23. The quantitative estimate of drug-likeness (QED) is 0.793. The van der Waals surface area contributed by atoms with Crippen molar-refractivity contribution >= 4 is 17.4 Å². The molecule has 0 aliphatic carbocycles. The van der Waals surface area contributed by atoms with Crippen molar-refractivity contribution in [2.45, 2.75) is 45.6 Å². The van der Waals surface area contributed by atoms with Gasteiger partial charge in [0.1, 0.15) is 5.82 Å². The lowest BCUT2D eigenvalue weighted by Crippen LogP contribution is -2.31. The van der Waals surface area contributed by atoms with Crippen LogP contribution in [0.4, 0.5) is 11.5 Å². The van der Waals surface area contributed by atoms with Gasteiger partial charge in [0.2, 0.25) is 0 Å². The second-order valence-corrected chi connectivity index (χ2v) is 6.56. The lowest BCUT2D eigenvalue weighted by molar-refractivity contribution is 0.0857. The predicted octanol–water partition coefficient (Wildman–Crippen LogP) is 3.86. The maximum atomic E-state index is 12.2. The summed E-state index contributed by atoms with van der Waals surface area (Å²) in [5.74, 6) is 0.638. The number of para-hydroxylation sites is 1. The van der Waals surface area contributed by atoms with Gasteiger partial charge in [0, 0.05) is 25.0 Å². The van der Waals surface area contributed by atoms with E-state index in [4.69, 9.17) is 4.74 Å². The summed E-state index contributed by atoms with van der Waals surface area (Å²) < 4.78 is 5.53. The maximum absolute atomic E-state index is 12.2. The SMILES string of the molecule is CCc1cccc(CC)c1Nc1ccc(C(=O)NCC2CCCO2)cn1. The summed E-state index contributed by atoms with van der Waals surface area (Å²) in [5, 5.41) is 6.35. The lowest BCUT2D eigenvalue weighted by Gasteiger charge is -2.15. The van der Waals surface area contributed by atoms with Crippen LogP contribution in [0.1, 0.15) is 48.2 Å². The summed E-state index contributed by atoms with van der Waals surface area (Å²) in [6.07, 6.45) is 5.76. The third-order valence-corrected chi connectivity index (χ3v) is 4.79. The van der Waals surface area contributed by atoms with Gasteiger partial charge in [0.25, 0.3) is 5.91 Å². The van der Waals surface area contributed by atoms with Gasteiger partial charge in [-0.3, -0.25) is 4.79 Å². The van der Waals surface area contributed by atoms with Crippen LogP contribution in [0, 0.1) is 0 Å². The van der Waals surface area contributed by atoms with Crippen LogP contribution < -0.4 is 10.6 Å². The van der Waals surface area contributed by atoms with Crippen LogP contribution in [-0.4, -0.2) is 30.1 Å². The number of nitrogens with one attached hydrogen (secondary N) is 2. The molecule has 5 nitrogen and oxygen atoms in total. The molecule has 138 valence electrons. The Morgan fingerprint density at radius 2 is 1.96 bits per heavy atom. The van der Waals surface area contributed by atoms with Crippen molar-refractivity contribution < 1.29 is 9.53 Å². The molecule has 5 heteroatoms. The molecule has 26 heavy (non-hydrogen) atoms. The van der Waals surface area contributed by atoms with Crippen molar-refractivity contribution in [3.63, 3.8) is 0 Å².